The molecule has 0 saturated carbocycles. The lowest BCUT2D eigenvalue weighted by Crippen LogP contribution is -2.11. The predicted molar refractivity (Wildman–Crippen MR) is 90.3 cm³/mol. The Morgan fingerprint density at radius 3 is 2.05 bits per heavy atom. The van der Waals surface area contributed by atoms with E-state index >= 15 is 0 Å². The van der Waals surface area contributed by atoms with E-state index in [9.17, 15) is 4.79 Å². The van der Waals surface area contributed by atoms with Gasteiger partial charge in [0.1, 0.15) is 0 Å². The third-order valence-corrected chi connectivity index (χ3v) is 3.88. The summed E-state index contributed by atoms with van der Waals surface area (Å²) in [6.07, 6.45) is 0. The number of rotatable bonds is 3. The monoisotopic (exact) mass is 395 g/mol. The Bertz CT molecular complexity index is 601. The molecule has 0 fully saturated rings. The normalized spacial score (nSPS) is 10.7. The van der Waals surface area contributed by atoms with Crippen molar-refractivity contribution in [1.82, 2.24) is 0 Å². The molecule has 4 heteroatoms. The van der Waals surface area contributed by atoms with E-state index in [0.717, 1.165) is 14.6 Å². The van der Waals surface area contributed by atoms with E-state index in [-0.39, 0.29) is 5.91 Å². The average Bonchev–Trinajstić information content (AvgIpc) is 2.38. The minimum absolute atomic E-state index is 0.121. The summed E-state index contributed by atoms with van der Waals surface area (Å²) < 4.78 is 1.74. The van der Waals surface area contributed by atoms with Gasteiger partial charge in [-0.25, -0.2) is 0 Å². The molecule has 104 valence electrons. The van der Waals surface area contributed by atoms with E-state index in [1.807, 2.05) is 30.3 Å². The molecule has 0 aliphatic heterocycles. The van der Waals surface area contributed by atoms with Gasteiger partial charge in [0.2, 0.25) is 0 Å². The molecular weight excluding hydrogens is 382 g/mol. The van der Waals surface area contributed by atoms with Crippen LogP contribution in [0.4, 0.5) is 5.69 Å². The van der Waals surface area contributed by atoms with Crippen LogP contribution in [0.5, 0.6) is 0 Å². The largest absolute Gasteiger partial charge is 0.322 e. The Kier molecular flexibility index (Phi) is 5.00. The van der Waals surface area contributed by atoms with Crippen molar-refractivity contribution < 1.29 is 4.79 Å². The van der Waals surface area contributed by atoms with Crippen LogP contribution in [0.15, 0.2) is 51.4 Å². The SMILES string of the molecule is CC(C)c1ccc(NC(=O)c2cc(Br)cc(Br)c2)cc1. The Balaban J connectivity index is 2.14. The maximum Gasteiger partial charge on any atom is 0.255 e. The molecule has 0 radical (unpaired) electrons. The number of nitrogens with one attached hydrogen (secondary N) is 1. The van der Waals surface area contributed by atoms with Gasteiger partial charge in [0, 0.05) is 20.2 Å². The van der Waals surface area contributed by atoms with Gasteiger partial charge in [-0.3, -0.25) is 4.79 Å². The van der Waals surface area contributed by atoms with Gasteiger partial charge < -0.3 is 5.32 Å². The van der Waals surface area contributed by atoms with Crippen LogP contribution in [0.1, 0.15) is 35.7 Å². The molecule has 0 aromatic heterocycles. The molecule has 0 bridgehead atoms. The average molecular weight is 397 g/mol. The molecule has 2 nitrogen and oxygen atoms in total. The molecule has 2 aromatic carbocycles. The van der Waals surface area contributed by atoms with Crippen molar-refractivity contribution in [2.24, 2.45) is 0 Å². The molecule has 0 saturated heterocycles. The Labute approximate surface area is 135 Å². The Morgan fingerprint density at radius 1 is 1.00 bits per heavy atom. The maximum atomic E-state index is 12.2. The summed E-state index contributed by atoms with van der Waals surface area (Å²) >= 11 is 6.76. The van der Waals surface area contributed by atoms with Crippen molar-refractivity contribution in [2.75, 3.05) is 5.32 Å². The van der Waals surface area contributed by atoms with Crippen molar-refractivity contribution in [2.45, 2.75) is 19.8 Å². The topological polar surface area (TPSA) is 29.1 Å². The lowest BCUT2D eigenvalue weighted by molar-refractivity contribution is 0.102. The molecule has 0 spiro atoms. The van der Waals surface area contributed by atoms with Crippen LogP contribution >= 0.6 is 31.9 Å². The number of carbonyl (C=O) groups is 1. The molecule has 1 amide bonds. The summed E-state index contributed by atoms with van der Waals surface area (Å²) in [6, 6.07) is 13.4. The van der Waals surface area contributed by atoms with Crippen LogP contribution in [-0.4, -0.2) is 5.91 Å². The maximum absolute atomic E-state index is 12.2. The summed E-state index contributed by atoms with van der Waals surface area (Å²) in [6.45, 7) is 4.29. The van der Waals surface area contributed by atoms with Crippen LogP contribution < -0.4 is 5.32 Å². The number of benzene rings is 2. The molecule has 2 aromatic rings. The number of anilines is 1. The zero-order valence-corrected chi connectivity index (χ0v) is 14.5. The van der Waals surface area contributed by atoms with Gasteiger partial charge in [-0.15, -0.1) is 0 Å². The van der Waals surface area contributed by atoms with Gasteiger partial charge in [-0.2, -0.15) is 0 Å². The van der Waals surface area contributed by atoms with Gasteiger partial charge in [0.15, 0.2) is 0 Å². The van der Waals surface area contributed by atoms with Crippen molar-refractivity contribution in [1.29, 1.82) is 0 Å². The lowest BCUT2D eigenvalue weighted by Gasteiger charge is -2.09. The highest BCUT2D eigenvalue weighted by Gasteiger charge is 2.08. The first kappa shape index (κ1) is 15.3. The number of halogens is 2. The van der Waals surface area contributed by atoms with E-state index in [1.165, 1.54) is 5.56 Å². The molecular formula is C16H15Br2NO. The van der Waals surface area contributed by atoms with E-state index in [0.29, 0.717) is 11.5 Å². The van der Waals surface area contributed by atoms with Gasteiger partial charge in [0.25, 0.3) is 5.91 Å². The second kappa shape index (κ2) is 6.55. The number of carbonyl (C=O) groups excluding carboxylic acids is 1. The highest BCUT2D eigenvalue weighted by molar-refractivity contribution is 9.11. The predicted octanol–water partition coefficient (Wildman–Crippen LogP) is 5.59. The summed E-state index contributed by atoms with van der Waals surface area (Å²) in [5.41, 5.74) is 2.67. The van der Waals surface area contributed by atoms with Gasteiger partial charge in [-0.05, 0) is 41.8 Å². The quantitative estimate of drug-likeness (QED) is 0.719. The van der Waals surface area contributed by atoms with Gasteiger partial charge in [0.05, 0.1) is 0 Å². The standard InChI is InChI=1S/C16H15Br2NO/c1-10(2)11-3-5-15(6-4-11)19-16(20)12-7-13(17)9-14(18)8-12/h3-10H,1-2H3,(H,19,20). The van der Waals surface area contributed by atoms with Crippen molar-refractivity contribution in [3.63, 3.8) is 0 Å². The van der Waals surface area contributed by atoms with E-state index in [1.54, 1.807) is 12.1 Å². The molecule has 2 rings (SSSR count). The summed E-state index contributed by atoms with van der Waals surface area (Å²) in [5.74, 6) is 0.366. The van der Waals surface area contributed by atoms with Gasteiger partial charge >= 0.3 is 0 Å². The Hall–Kier alpha value is -1.13. The lowest BCUT2D eigenvalue weighted by atomic mass is 10.0. The van der Waals surface area contributed by atoms with E-state index in [2.05, 4.69) is 51.0 Å². The second-order valence-electron chi connectivity index (χ2n) is 4.89. The summed E-state index contributed by atoms with van der Waals surface area (Å²) in [5, 5.41) is 2.90. The number of hydrogen-bond acceptors (Lipinski definition) is 1. The van der Waals surface area contributed by atoms with Crippen molar-refractivity contribution in [3.05, 3.63) is 62.5 Å². The fraction of sp³-hybridized carbons (Fsp3) is 0.188. The first-order valence-corrected chi connectivity index (χ1v) is 7.91. The minimum Gasteiger partial charge on any atom is -0.322 e. The van der Waals surface area contributed by atoms with Crippen molar-refractivity contribution >= 4 is 43.5 Å². The third kappa shape index (κ3) is 3.93. The minimum atomic E-state index is -0.121. The second-order valence-corrected chi connectivity index (χ2v) is 6.72. The number of hydrogen-bond donors (Lipinski definition) is 1. The smallest absolute Gasteiger partial charge is 0.255 e. The van der Waals surface area contributed by atoms with Crippen LogP contribution in [0.3, 0.4) is 0 Å². The van der Waals surface area contributed by atoms with Crippen LogP contribution in [-0.2, 0) is 0 Å². The van der Waals surface area contributed by atoms with Crippen LogP contribution in [0, 0.1) is 0 Å². The fourth-order valence-corrected chi connectivity index (χ4v) is 3.13. The van der Waals surface area contributed by atoms with Crippen molar-refractivity contribution in [3.8, 4) is 0 Å². The molecule has 0 aliphatic carbocycles. The van der Waals surface area contributed by atoms with E-state index < -0.39 is 0 Å². The third-order valence-electron chi connectivity index (χ3n) is 2.96. The summed E-state index contributed by atoms with van der Waals surface area (Å²) in [4.78, 5) is 12.2. The molecule has 1 N–H and O–H groups in total. The first-order chi connectivity index (χ1) is 9.45. The first-order valence-electron chi connectivity index (χ1n) is 6.33. The fourth-order valence-electron chi connectivity index (χ4n) is 1.84. The highest BCUT2D eigenvalue weighted by Crippen LogP contribution is 2.22. The number of amides is 1. The van der Waals surface area contributed by atoms with Crippen LogP contribution in [0.25, 0.3) is 0 Å². The van der Waals surface area contributed by atoms with Crippen LogP contribution in [0.2, 0.25) is 0 Å². The molecule has 0 aliphatic rings. The Morgan fingerprint density at radius 2 is 1.55 bits per heavy atom. The molecule has 20 heavy (non-hydrogen) atoms. The highest BCUT2D eigenvalue weighted by atomic mass is 79.9. The zero-order valence-electron chi connectivity index (χ0n) is 11.3. The van der Waals surface area contributed by atoms with Gasteiger partial charge in [-0.1, -0.05) is 57.8 Å². The summed E-state index contributed by atoms with van der Waals surface area (Å²) in [7, 11) is 0. The molecule has 0 atom stereocenters. The molecule has 0 unspecified atom stereocenters. The van der Waals surface area contributed by atoms with E-state index in [4.69, 9.17) is 0 Å². The zero-order chi connectivity index (χ0) is 14.7. The molecule has 0 heterocycles.